The van der Waals surface area contributed by atoms with Crippen molar-refractivity contribution in [3.05, 3.63) is 23.7 Å². The summed E-state index contributed by atoms with van der Waals surface area (Å²) in [5, 5.41) is 3.86. The number of aromatic nitrogens is 6. The molecule has 11 heteroatoms. The minimum Gasteiger partial charge on any atom is -0.341 e. The number of aryl methyl sites for hydroxylation is 1. The van der Waals surface area contributed by atoms with Crippen LogP contribution >= 0.6 is 11.6 Å². The second-order valence-electron chi connectivity index (χ2n) is 3.84. The fourth-order valence-corrected chi connectivity index (χ4v) is 2.93. The van der Waals surface area contributed by atoms with Gasteiger partial charge in [0, 0.05) is 7.05 Å². The number of nitrogens with zero attached hydrogens (tertiary/aromatic N) is 5. The van der Waals surface area contributed by atoms with E-state index in [2.05, 4.69) is 29.8 Å². The molecule has 2 N–H and O–H groups in total. The van der Waals surface area contributed by atoms with Crippen molar-refractivity contribution in [2.24, 2.45) is 7.05 Å². The maximum absolute atomic E-state index is 12.1. The van der Waals surface area contributed by atoms with E-state index in [1.54, 1.807) is 0 Å². The molecule has 9 nitrogen and oxygen atoms in total. The van der Waals surface area contributed by atoms with E-state index in [0.29, 0.717) is 5.52 Å². The van der Waals surface area contributed by atoms with Crippen LogP contribution in [0.5, 0.6) is 0 Å². The Hall–Kier alpha value is -2.20. The molecule has 0 radical (unpaired) electrons. The van der Waals surface area contributed by atoms with Crippen LogP contribution < -0.4 is 4.72 Å². The number of H-pyrrole nitrogens is 1. The Labute approximate surface area is 118 Å². The largest absolute Gasteiger partial charge is 0.341 e. The molecule has 0 spiro atoms. The zero-order chi connectivity index (χ0) is 14.3. The summed E-state index contributed by atoms with van der Waals surface area (Å²) in [7, 11) is -2.33. The van der Waals surface area contributed by atoms with Crippen LogP contribution in [0.3, 0.4) is 0 Å². The Bertz CT molecular complexity index is 885. The van der Waals surface area contributed by atoms with Gasteiger partial charge in [-0.3, -0.25) is 4.68 Å². The Morgan fingerprint density at radius 1 is 1.40 bits per heavy atom. The molecular formula is C9H8ClN7O2S. The van der Waals surface area contributed by atoms with Crippen LogP contribution in [0.4, 0.5) is 5.95 Å². The average molecular weight is 314 g/mol. The number of aromatic amines is 1. The van der Waals surface area contributed by atoms with Gasteiger partial charge in [0.1, 0.15) is 5.52 Å². The number of hydrogen-bond donors (Lipinski definition) is 2. The molecule has 0 fully saturated rings. The molecule has 3 heterocycles. The minimum absolute atomic E-state index is 0.0145. The van der Waals surface area contributed by atoms with Crippen molar-refractivity contribution < 1.29 is 8.42 Å². The second-order valence-corrected chi connectivity index (χ2v) is 5.83. The summed E-state index contributed by atoms with van der Waals surface area (Å²) in [6.45, 7) is 0. The maximum Gasteiger partial charge on any atom is 0.281 e. The van der Waals surface area contributed by atoms with Crippen molar-refractivity contribution in [3.8, 4) is 0 Å². The van der Waals surface area contributed by atoms with Gasteiger partial charge in [-0.2, -0.15) is 23.5 Å². The Morgan fingerprint density at radius 2 is 2.20 bits per heavy atom. The van der Waals surface area contributed by atoms with E-state index in [4.69, 9.17) is 11.6 Å². The highest BCUT2D eigenvalue weighted by Crippen LogP contribution is 2.20. The number of fused-ring (bicyclic) bond motifs is 1. The molecule has 0 aliphatic heterocycles. The molecular weight excluding hydrogens is 306 g/mol. The van der Waals surface area contributed by atoms with Crippen LogP contribution in [0, 0.1) is 0 Å². The van der Waals surface area contributed by atoms with Crippen LogP contribution in [0.25, 0.3) is 11.2 Å². The number of halogens is 1. The van der Waals surface area contributed by atoms with Crippen LogP contribution in [-0.4, -0.2) is 38.1 Å². The van der Waals surface area contributed by atoms with Crippen molar-refractivity contribution in [2.75, 3.05) is 4.72 Å². The van der Waals surface area contributed by atoms with Gasteiger partial charge in [0.05, 0.1) is 12.5 Å². The van der Waals surface area contributed by atoms with E-state index in [9.17, 15) is 8.42 Å². The van der Waals surface area contributed by atoms with Crippen molar-refractivity contribution in [1.82, 2.24) is 29.7 Å². The lowest BCUT2D eigenvalue weighted by Gasteiger charge is -2.06. The highest BCUT2D eigenvalue weighted by molar-refractivity contribution is 7.92. The lowest BCUT2D eigenvalue weighted by atomic mass is 10.6. The Balaban J connectivity index is 2.03. The quantitative estimate of drug-likeness (QED) is 0.681. The summed E-state index contributed by atoms with van der Waals surface area (Å²) in [6.07, 6.45) is 2.77. The summed E-state index contributed by atoms with van der Waals surface area (Å²) in [5.41, 5.74) is 0.711. The van der Waals surface area contributed by atoms with Crippen molar-refractivity contribution in [2.45, 2.75) is 5.03 Å². The lowest BCUT2D eigenvalue weighted by molar-refractivity contribution is 0.581. The molecule has 0 aliphatic carbocycles. The third-order valence-electron chi connectivity index (χ3n) is 2.52. The fourth-order valence-electron chi connectivity index (χ4n) is 1.64. The van der Waals surface area contributed by atoms with Gasteiger partial charge in [-0.1, -0.05) is 11.6 Å². The maximum atomic E-state index is 12.1. The number of anilines is 1. The molecule has 0 atom stereocenters. The number of nitrogens with one attached hydrogen (secondary N) is 2. The molecule has 0 bridgehead atoms. The highest BCUT2D eigenvalue weighted by atomic mass is 35.5. The van der Waals surface area contributed by atoms with Crippen molar-refractivity contribution in [3.63, 3.8) is 0 Å². The van der Waals surface area contributed by atoms with E-state index in [1.165, 1.54) is 30.3 Å². The Morgan fingerprint density at radius 3 is 2.90 bits per heavy atom. The Kier molecular flexibility index (Phi) is 2.83. The molecule has 0 aromatic carbocycles. The van der Waals surface area contributed by atoms with Gasteiger partial charge >= 0.3 is 0 Å². The summed E-state index contributed by atoms with van der Waals surface area (Å²) in [5.74, 6) is -0.157. The number of hydrogen-bond acceptors (Lipinski definition) is 6. The normalized spacial score (nSPS) is 11.9. The standard InChI is InChI=1S/C9H8ClN7O2S/c1-17-5(2-3-13-17)20(18,19)16-9-14-7(10)6-8(15-9)12-4-11-6/h2-4H,1H3,(H2,11,12,14,15,16). The van der Waals surface area contributed by atoms with Crippen molar-refractivity contribution >= 4 is 38.7 Å². The summed E-state index contributed by atoms with van der Waals surface area (Å²) >= 11 is 5.91. The molecule has 0 saturated heterocycles. The lowest BCUT2D eigenvalue weighted by Crippen LogP contribution is -2.18. The summed E-state index contributed by atoms with van der Waals surface area (Å²) < 4.78 is 27.7. The van der Waals surface area contributed by atoms with Crippen LogP contribution in [0.1, 0.15) is 0 Å². The zero-order valence-electron chi connectivity index (χ0n) is 10.1. The predicted molar refractivity (Wildman–Crippen MR) is 70.7 cm³/mol. The van der Waals surface area contributed by atoms with Crippen LogP contribution in [-0.2, 0) is 17.1 Å². The molecule has 0 saturated carbocycles. The highest BCUT2D eigenvalue weighted by Gasteiger charge is 2.20. The third kappa shape index (κ3) is 2.08. The number of sulfonamides is 1. The second kappa shape index (κ2) is 4.42. The average Bonchev–Trinajstić information content (AvgIpc) is 2.97. The smallest absolute Gasteiger partial charge is 0.281 e. The SMILES string of the molecule is Cn1nccc1S(=O)(=O)Nc1nc(Cl)c2[nH]cnc2n1. The first-order chi connectivity index (χ1) is 9.47. The number of rotatable bonds is 3. The molecule has 0 amide bonds. The van der Waals surface area contributed by atoms with Crippen LogP contribution in [0.15, 0.2) is 23.6 Å². The van der Waals surface area contributed by atoms with E-state index < -0.39 is 10.0 Å². The van der Waals surface area contributed by atoms with E-state index in [-0.39, 0.29) is 21.8 Å². The first-order valence-corrected chi connectivity index (χ1v) is 7.21. The van der Waals surface area contributed by atoms with Gasteiger partial charge in [-0.05, 0) is 6.07 Å². The fraction of sp³-hybridized carbons (Fsp3) is 0.111. The first-order valence-electron chi connectivity index (χ1n) is 5.35. The van der Waals surface area contributed by atoms with Gasteiger partial charge in [-0.15, -0.1) is 0 Å². The minimum atomic E-state index is -3.84. The molecule has 3 rings (SSSR count). The molecule has 0 aliphatic rings. The summed E-state index contributed by atoms with van der Waals surface area (Å²) in [6, 6.07) is 1.36. The van der Waals surface area contributed by atoms with E-state index in [1.807, 2.05) is 0 Å². The molecule has 3 aromatic heterocycles. The molecule has 3 aromatic rings. The zero-order valence-corrected chi connectivity index (χ0v) is 11.6. The van der Waals surface area contributed by atoms with E-state index in [0.717, 1.165) is 0 Å². The van der Waals surface area contributed by atoms with Gasteiger partial charge in [0.25, 0.3) is 10.0 Å². The van der Waals surface area contributed by atoms with Gasteiger partial charge in [-0.25, -0.2) is 9.71 Å². The van der Waals surface area contributed by atoms with Gasteiger partial charge < -0.3 is 4.98 Å². The van der Waals surface area contributed by atoms with Gasteiger partial charge in [0.15, 0.2) is 15.8 Å². The molecule has 0 unspecified atom stereocenters. The van der Waals surface area contributed by atoms with Crippen LogP contribution in [0.2, 0.25) is 5.15 Å². The summed E-state index contributed by atoms with van der Waals surface area (Å²) in [4.78, 5) is 14.5. The molecule has 20 heavy (non-hydrogen) atoms. The molecule has 104 valence electrons. The monoisotopic (exact) mass is 313 g/mol. The van der Waals surface area contributed by atoms with Gasteiger partial charge in [0.2, 0.25) is 5.95 Å². The van der Waals surface area contributed by atoms with E-state index >= 15 is 0 Å². The topological polar surface area (TPSA) is 118 Å². The third-order valence-corrected chi connectivity index (χ3v) is 4.19. The number of imidazole rings is 1. The predicted octanol–water partition coefficient (Wildman–Crippen LogP) is 0.541. The first kappa shape index (κ1) is 12.8. The van der Waals surface area contributed by atoms with Crippen molar-refractivity contribution in [1.29, 1.82) is 0 Å².